The van der Waals surface area contributed by atoms with E-state index < -0.39 is 9.84 Å². The molecule has 2 aromatic carbocycles. The molecule has 148 valence electrons. The fourth-order valence-electron chi connectivity index (χ4n) is 4.32. The molecule has 6 heteroatoms. The van der Waals surface area contributed by atoms with Gasteiger partial charge in [-0.15, -0.1) is 0 Å². The summed E-state index contributed by atoms with van der Waals surface area (Å²) in [6.45, 7) is 2.37. The number of para-hydroxylation sites is 1. The summed E-state index contributed by atoms with van der Waals surface area (Å²) in [7, 11) is -3.20. The van der Waals surface area contributed by atoms with Crippen molar-refractivity contribution in [2.75, 3.05) is 30.8 Å². The molecule has 0 saturated carbocycles. The zero-order valence-electron chi connectivity index (χ0n) is 16.2. The number of nitrogens with zero attached hydrogens (tertiary/aromatic N) is 2. The molecule has 0 radical (unpaired) electrons. The first-order valence-electron chi connectivity index (χ1n) is 9.86. The van der Waals surface area contributed by atoms with Crippen molar-refractivity contribution in [1.29, 1.82) is 0 Å². The number of amides is 1. The first-order valence-corrected chi connectivity index (χ1v) is 11.7. The Morgan fingerprint density at radius 1 is 0.929 bits per heavy atom. The minimum atomic E-state index is -3.20. The summed E-state index contributed by atoms with van der Waals surface area (Å²) in [5, 5.41) is 0. The van der Waals surface area contributed by atoms with E-state index in [1.165, 1.54) is 11.8 Å². The highest BCUT2D eigenvalue weighted by molar-refractivity contribution is 7.90. The highest BCUT2D eigenvalue weighted by atomic mass is 32.2. The van der Waals surface area contributed by atoms with Gasteiger partial charge < -0.3 is 4.90 Å². The molecule has 1 saturated heterocycles. The van der Waals surface area contributed by atoms with Gasteiger partial charge in [0, 0.05) is 31.6 Å². The van der Waals surface area contributed by atoms with Crippen molar-refractivity contribution in [3.8, 4) is 0 Å². The molecule has 4 rings (SSSR count). The molecule has 0 aromatic heterocycles. The van der Waals surface area contributed by atoms with Crippen LogP contribution in [-0.4, -0.2) is 51.2 Å². The number of hydrogen-bond acceptors (Lipinski definition) is 4. The maximum absolute atomic E-state index is 13.2. The molecule has 1 amide bonds. The number of benzene rings is 2. The van der Waals surface area contributed by atoms with Crippen LogP contribution >= 0.6 is 0 Å². The van der Waals surface area contributed by atoms with Crippen molar-refractivity contribution < 1.29 is 13.2 Å². The molecule has 5 nitrogen and oxygen atoms in total. The van der Waals surface area contributed by atoms with Gasteiger partial charge in [0.15, 0.2) is 9.84 Å². The molecule has 0 spiro atoms. The molecule has 0 unspecified atom stereocenters. The minimum Gasteiger partial charge on any atom is -0.311 e. The Hall–Kier alpha value is -2.18. The third-order valence-corrected chi connectivity index (χ3v) is 6.97. The fraction of sp³-hybridized carbons (Fsp3) is 0.409. The Morgan fingerprint density at radius 3 is 2.36 bits per heavy atom. The number of carbonyl (C=O) groups excluding carboxylic acids is 1. The number of fused-ring (bicyclic) bond motifs is 1. The van der Waals surface area contributed by atoms with Gasteiger partial charge in [-0.1, -0.05) is 24.3 Å². The van der Waals surface area contributed by atoms with E-state index in [2.05, 4.69) is 4.90 Å². The van der Waals surface area contributed by atoms with Gasteiger partial charge in [0.25, 0.3) is 0 Å². The summed E-state index contributed by atoms with van der Waals surface area (Å²) in [4.78, 5) is 17.8. The Kier molecular flexibility index (Phi) is 5.25. The largest absolute Gasteiger partial charge is 0.311 e. The Balaban J connectivity index is 1.52. The highest BCUT2D eigenvalue weighted by Crippen LogP contribution is 2.26. The monoisotopic (exact) mass is 398 g/mol. The van der Waals surface area contributed by atoms with Gasteiger partial charge in [0.2, 0.25) is 5.91 Å². The number of anilines is 1. The average Bonchev–Trinajstić information content (AvgIpc) is 2.90. The number of sulfone groups is 1. The molecule has 28 heavy (non-hydrogen) atoms. The maximum Gasteiger partial charge on any atom is 0.244 e. The van der Waals surface area contributed by atoms with Gasteiger partial charge >= 0.3 is 0 Å². The van der Waals surface area contributed by atoms with E-state index in [1.54, 1.807) is 6.07 Å². The van der Waals surface area contributed by atoms with Crippen molar-refractivity contribution in [1.82, 2.24) is 4.90 Å². The van der Waals surface area contributed by atoms with Crippen LogP contribution in [0.2, 0.25) is 0 Å². The first-order chi connectivity index (χ1) is 13.4. The van der Waals surface area contributed by atoms with Crippen LogP contribution in [0.5, 0.6) is 0 Å². The van der Waals surface area contributed by atoms with Crippen molar-refractivity contribution in [3.05, 3.63) is 59.7 Å². The van der Waals surface area contributed by atoms with Crippen molar-refractivity contribution in [2.24, 2.45) is 0 Å². The van der Waals surface area contributed by atoms with Crippen LogP contribution in [0.4, 0.5) is 5.69 Å². The zero-order chi connectivity index (χ0) is 19.7. The lowest BCUT2D eigenvalue weighted by atomic mass is 10.0. The van der Waals surface area contributed by atoms with E-state index in [9.17, 15) is 13.2 Å². The molecule has 1 fully saturated rings. The molecule has 2 aliphatic rings. The smallest absolute Gasteiger partial charge is 0.244 e. The van der Waals surface area contributed by atoms with Gasteiger partial charge in [0.05, 0.1) is 10.9 Å². The molecular formula is C22H26N2O3S. The highest BCUT2D eigenvalue weighted by Gasteiger charge is 2.34. The third-order valence-electron chi connectivity index (χ3n) is 5.86. The Bertz CT molecular complexity index is 973. The van der Waals surface area contributed by atoms with Crippen LogP contribution in [-0.2, 0) is 27.5 Å². The fourth-order valence-corrected chi connectivity index (χ4v) is 4.99. The second-order valence-electron chi connectivity index (χ2n) is 7.72. The van der Waals surface area contributed by atoms with Crippen LogP contribution < -0.4 is 4.90 Å². The number of carbonyl (C=O) groups is 1. The standard InChI is InChI=1S/C22H26N2O3S/c1-28(26,27)20-10-9-17-11-14-23(15-12-18(17)16-20)21-8-5-13-24(22(21)25)19-6-3-2-4-7-19/h2-4,6-7,9-10,16,21H,5,8,11-15H2,1H3/t21-/m0/s1. The quantitative estimate of drug-likeness (QED) is 0.798. The van der Waals surface area contributed by atoms with Crippen molar-refractivity contribution in [2.45, 2.75) is 36.6 Å². The van der Waals surface area contributed by atoms with Gasteiger partial charge in [-0.05, 0) is 61.1 Å². The van der Waals surface area contributed by atoms with Crippen LogP contribution in [0, 0.1) is 0 Å². The number of piperidine rings is 1. The summed E-state index contributed by atoms with van der Waals surface area (Å²) >= 11 is 0. The lowest BCUT2D eigenvalue weighted by Gasteiger charge is -2.38. The summed E-state index contributed by atoms with van der Waals surface area (Å²) < 4.78 is 23.7. The number of rotatable bonds is 3. The van der Waals surface area contributed by atoms with Gasteiger partial charge in [-0.3, -0.25) is 9.69 Å². The van der Waals surface area contributed by atoms with Crippen LogP contribution in [0.15, 0.2) is 53.4 Å². The molecule has 0 N–H and O–H groups in total. The molecule has 1 atom stereocenters. The van der Waals surface area contributed by atoms with Crippen molar-refractivity contribution >= 4 is 21.4 Å². The van der Waals surface area contributed by atoms with E-state index in [-0.39, 0.29) is 11.9 Å². The second kappa shape index (κ2) is 7.68. The predicted octanol–water partition coefficient (Wildman–Crippen LogP) is 2.69. The van der Waals surface area contributed by atoms with Gasteiger partial charge in [-0.25, -0.2) is 8.42 Å². The molecule has 0 aliphatic carbocycles. The van der Waals surface area contributed by atoms with Crippen LogP contribution in [0.1, 0.15) is 24.0 Å². The second-order valence-corrected chi connectivity index (χ2v) is 9.74. The van der Waals surface area contributed by atoms with E-state index in [4.69, 9.17) is 0 Å². The summed E-state index contributed by atoms with van der Waals surface area (Å²) in [6.07, 6.45) is 4.74. The number of hydrogen-bond donors (Lipinski definition) is 0. The molecular weight excluding hydrogens is 372 g/mol. The summed E-state index contributed by atoms with van der Waals surface area (Å²) in [5.74, 6) is 0.181. The Morgan fingerprint density at radius 2 is 1.64 bits per heavy atom. The average molecular weight is 399 g/mol. The third kappa shape index (κ3) is 3.84. The molecule has 2 aromatic rings. The van der Waals surface area contributed by atoms with E-state index in [0.29, 0.717) is 4.90 Å². The Labute approximate surface area is 166 Å². The van der Waals surface area contributed by atoms with Gasteiger partial charge in [0.1, 0.15) is 0 Å². The van der Waals surface area contributed by atoms with Gasteiger partial charge in [-0.2, -0.15) is 0 Å². The molecule has 2 aliphatic heterocycles. The van der Waals surface area contributed by atoms with Crippen LogP contribution in [0.3, 0.4) is 0 Å². The zero-order valence-corrected chi connectivity index (χ0v) is 17.0. The van der Waals surface area contributed by atoms with E-state index in [0.717, 1.165) is 56.6 Å². The minimum absolute atomic E-state index is 0.0994. The maximum atomic E-state index is 13.2. The normalized spacial score (nSPS) is 21.2. The molecule has 0 bridgehead atoms. The first kappa shape index (κ1) is 19.2. The topological polar surface area (TPSA) is 57.7 Å². The lowest BCUT2D eigenvalue weighted by molar-refractivity contribution is -0.125. The predicted molar refractivity (Wildman–Crippen MR) is 110 cm³/mol. The SMILES string of the molecule is CS(=O)(=O)c1ccc2c(c1)CCN([C@H]1CCCN(c3ccccc3)C1=O)CC2. The molecule has 2 heterocycles. The van der Waals surface area contributed by atoms with Crippen LogP contribution in [0.25, 0.3) is 0 Å². The summed E-state index contributed by atoms with van der Waals surface area (Å²) in [5.41, 5.74) is 3.25. The summed E-state index contributed by atoms with van der Waals surface area (Å²) in [6, 6.07) is 15.2. The van der Waals surface area contributed by atoms with E-state index in [1.807, 2.05) is 47.4 Å². The lowest BCUT2D eigenvalue weighted by Crippen LogP contribution is -2.53. The van der Waals surface area contributed by atoms with E-state index >= 15 is 0 Å². The van der Waals surface area contributed by atoms with Crippen molar-refractivity contribution in [3.63, 3.8) is 0 Å².